The number of ether oxygens (including phenoxy) is 2. The molecule has 0 saturated heterocycles. The normalized spacial score (nSPS) is 12.3. The van der Waals surface area contributed by atoms with Gasteiger partial charge >= 0.3 is 0 Å². The molecule has 0 unspecified atom stereocenters. The summed E-state index contributed by atoms with van der Waals surface area (Å²) in [5.74, 6) is 1.81. The first-order chi connectivity index (χ1) is 13.2. The summed E-state index contributed by atoms with van der Waals surface area (Å²) in [6.07, 6.45) is 1.60. The van der Waals surface area contributed by atoms with Gasteiger partial charge in [-0.2, -0.15) is 0 Å². The third kappa shape index (κ3) is 4.00. The number of pyridine rings is 1. The molecule has 136 valence electrons. The quantitative estimate of drug-likeness (QED) is 0.730. The minimum atomic E-state index is -0.187. The number of aryl methyl sites for hydroxylation is 1. The second-order valence-corrected chi connectivity index (χ2v) is 6.24. The van der Waals surface area contributed by atoms with Crippen LogP contribution >= 0.6 is 0 Å². The first-order valence-corrected chi connectivity index (χ1v) is 8.68. The van der Waals surface area contributed by atoms with Crippen molar-refractivity contribution in [2.75, 3.05) is 23.8 Å². The van der Waals surface area contributed by atoms with Gasteiger partial charge in [0, 0.05) is 29.2 Å². The Kier molecular flexibility index (Phi) is 4.61. The molecule has 1 aromatic heterocycles. The lowest BCUT2D eigenvalue weighted by Gasteiger charge is -2.19. The molecule has 2 aromatic carbocycles. The van der Waals surface area contributed by atoms with Crippen LogP contribution in [-0.4, -0.2) is 24.1 Å². The predicted octanol–water partition coefficient (Wildman–Crippen LogP) is 4.16. The molecule has 0 bridgehead atoms. The van der Waals surface area contributed by atoms with Crippen LogP contribution in [0, 0.1) is 6.92 Å². The fraction of sp³-hybridized carbons (Fsp3) is 0.143. The van der Waals surface area contributed by atoms with Crippen molar-refractivity contribution in [3.63, 3.8) is 0 Å². The monoisotopic (exact) mass is 361 g/mol. The maximum atomic E-state index is 12.5. The van der Waals surface area contributed by atoms with Gasteiger partial charge in [-0.15, -0.1) is 0 Å². The Bertz CT molecular complexity index is 988. The van der Waals surface area contributed by atoms with Crippen LogP contribution in [0.4, 0.5) is 17.2 Å². The summed E-state index contributed by atoms with van der Waals surface area (Å²) < 4.78 is 11.1. The summed E-state index contributed by atoms with van der Waals surface area (Å²) in [6.45, 7) is 3.07. The fourth-order valence-electron chi connectivity index (χ4n) is 2.84. The van der Waals surface area contributed by atoms with Crippen molar-refractivity contribution >= 4 is 23.1 Å². The van der Waals surface area contributed by atoms with Gasteiger partial charge in [-0.1, -0.05) is 12.1 Å². The van der Waals surface area contributed by atoms with Gasteiger partial charge in [0.1, 0.15) is 19.0 Å². The molecule has 1 amide bonds. The summed E-state index contributed by atoms with van der Waals surface area (Å²) in [6, 6.07) is 16.7. The molecule has 4 rings (SSSR count). The zero-order chi connectivity index (χ0) is 18.6. The number of amides is 1. The molecular formula is C21H19N3O3. The number of carbonyl (C=O) groups is 1. The van der Waals surface area contributed by atoms with Crippen molar-refractivity contribution in [3.05, 3.63) is 71.9 Å². The lowest BCUT2D eigenvalue weighted by molar-refractivity contribution is 0.102. The van der Waals surface area contributed by atoms with E-state index in [0.29, 0.717) is 30.3 Å². The van der Waals surface area contributed by atoms with Crippen molar-refractivity contribution in [1.82, 2.24) is 4.98 Å². The molecule has 0 saturated carbocycles. The van der Waals surface area contributed by atoms with E-state index in [2.05, 4.69) is 15.6 Å². The third-order valence-corrected chi connectivity index (χ3v) is 4.11. The zero-order valence-electron chi connectivity index (χ0n) is 14.9. The summed E-state index contributed by atoms with van der Waals surface area (Å²) in [5.41, 5.74) is 3.18. The Hall–Kier alpha value is -3.54. The molecule has 0 spiro atoms. The molecule has 2 N–H and O–H groups in total. The van der Waals surface area contributed by atoms with Gasteiger partial charge in [0.05, 0.1) is 0 Å². The van der Waals surface area contributed by atoms with E-state index in [4.69, 9.17) is 9.47 Å². The van der Waals surface area contributed by atoms with Gasteiger partial charge in [-0.25, -0.2) is 4.98 Å². The van der Waals surface area contributed by atoms with Crippen LogP contribution < -0.4 is 20.1 Å². The van der Waals surface area contributed by atoms with Crippen molar-refractivity contribution in [2.24, 2.45) is 0 Å². The van der Waals surface area contributed by atoms with E-state index in [1.807, 2.05) is 49.4 Å². The maximum Gasteiger partial charge on any atom is 0.255 e. The van der Waals surface area contributed by atoms with Crippen LogP contribution in [0.2, 0.25) is 0 Å². The Labute approximate surface area is 157 Å². The number of anilines is 3. The van der Waals surface area contributed by atoms with E-state index >= 15 is 0 Å². The average Bonchev–Trinajstić information content (AvgIpc) is 2.68. The van der Waals surface area contributed by atoms with Crippen molar-refractivity contribution in [2.45, 2.75) is 6.92 Å². The molecule has 1 aliphatic heterocycles. The van der Waals surface area contributed by atoms with Gasteiger partial charge < -0.3 is 20.1 Å². The topological polar surface area (TPSA) is 72.5 Å². The van der Waals surface area contributed by atoms with Crippen LogP contribution in [0.25, 0.3) is 0 Å². The number of benzene rings is 2. The standard InChI is InChI=1S/C21H19N3O3/c1-14-3-2-4-16(11-14)24-21(25)15-7-8-22-20(12-15)23-17-5-6-18-19(13-17)27-10-9-26-18/h2-8,11-13H,9-10H2,1H3,(H,22,23)(H,24,25). The van der Waals surface area contributed by atoms with E-state index in [0.717, 1.165) is 22.7 Å². The second-order valence-electron chi connectivity index (χ2n) is 6.24. The number of hydrogen-bond acceptors (Lipinski definition) is 5. The number of aromatic nitrogens is 1. The van der Waals surface area contributed by atoms with Crippen LogP contribution in [0.1, 0.15) is 15.9 Å². The van der Waals surface area contributed by atoms with Crippen LogP contribution in [-0.2, 0) is 0 Å². The Morgan fingerprint density at radius 3 is 2.67 bits per heavy atom. The molecule has 0 atom stereocenters. The highest BCUT2D eigenvalue weighted by Gasteiger charge is 2.12. The average molecular weight is 361 g/mol. The summed E-state index contributed by atoms with van der Waals surface area (Å²) >= 11 is 0. The Morgan fingerprint density at radius 2 is 1.81 bits per heavy atom. The van der Waals surface area contributed by atoms with Gasteiger partial charge in [0.2, 0.25) is 0 Å². The first kappa shape index (κ1) is 16.9. The number of rotatable bonds is 4. The Morgan fingerprint density at radius 1 is 0.963 bits per heavy atom. The molecule has 27 heavy (non-hydrogen) atoms. The lowest BCUT2D eigenvalue weighted by atomic mass is 10.2. The first-order valence-electron chi connectivity index (χ1n) is 8.68. The minimum absolute atomic E-state index is 0.187. The van der Waals surface area contributed by atoms with Crippen LogP contribution in [0.15, 0.2) is 60.8 Å². The highest BCUT2D eigenvalue weighted by Crippen LogP contribution is 2.33. The van der Waals surface area contributed by atoms with E-state index in [1.165, 1.54) is 0 Å². The summed E-state index contributed by atoms with van der Waals surface area (Å²) in [7, 11) is 0. The smallest absolute Gasteiger partial charge is 0.255 e. The second kappa shape index (κ2) is 7.37. The van der Waals surface area contributed by atoms with Crippen molar-refractivity contribution < 1.29 is 14.3 Å². The number of fused-ring (bicyclic) bond motifs is 1. The molecule has 6 nitrogen and oxygen atoms in total. The number of carbonyl (C=O) groups excluding carboxylic acids is 1. The fourth-order valence-corrected chi connectivity index (χ4v) is 2.84. The maximum absolute atomic E-state index is 12.5. The highest BCUT2D eigenvalue weighted by molar-refractivity contribution is 6.04. The summed E-state index contributed by atoms with van der Waals surface area (Å²) in [5, 5.41) is 6.10. The SMILES string of the molecule is Cc1cccc(NC(=O)c2ccnc(Nc3ccc4c(c3)OCCO4)c2)c1. The summed E-state index contributed by atoms with van der Waals surface area (Å²) in [4.78, 5) is 16.8. The van der Waals surface area contributed by atoms with Gasteiger partial charge in [0.15, 0.2) is 11.5 Å². The molecule has 0 radical (unpaired) electrons. The van der Waals surface area contributed by atoms with Crippen LogP contribution in [0.5, 0.6) is 11.5 Å². The van der Waals surface area contributed by atoms with E-state index in [-0.39, 0.29) is 5.91 Å². The number of hydrogen-bond donors (Lipinski definition) is 2. The molecule has 0 aliphatic carbocycles. The van der Waals surface area contributed by atoms with Crippen molar-refractivity contribution in [1.29, 1.82) is 0 Å². The third-order valence-electron chi connectivity index (χ3n) is 4.11. The van der Waals surface area contributed by atoms with Gasteiger partial charge in [-0.05, 0) is 48.9 Å². The Balaban J connectivity index is 1.49. The minimum Gasteiger partial charge on any atom is -0.486 e. The number of nitrogens with zero attached hydrogens (tertiary/aromatic N) is 1. The lowest BCUT2D eigenvalue weighted by Crippen LogP contribution is -2.15. The zero-order valence-corrected chi connectivity index (χ0v) is 14.9. The van der Waals surface area contributed by atoms with Gasteiger partial charge in [-0.3, -0.25) is 4.79 Å². The number of nitrogens with one attached hydrogen (secondary N) is 2. The van der Waals surface area contributed by atoms with Crippen LogP contribution in [0.3, 0.4) is 0 Å². The molecule has 2 heterocycles. The van der Waals surface area contributed by atoms with Gasteiger partial charge in [0.25, 0.3) is 5.91 Å². The van der Waals surface area contributed by atoms with E-state index in [9.17, 15) is 4.79 Å². The molecule has 3 aromatic rings. The molecule has 6 heteroatoms. The largest absolute Gasteiger partial charge is 0.486 e. The van der Waals surface area contributed by atoms with E-state index < -0.39 is 0 Å². The molecule has 0 fully saturated rings. The van der Waals surface area contributed by atoms with Crippen molar-refractivity contribution in [3.8, 4) is 11.5 Å². The molecule has 1 aliphatic rings. The highest BCUT2D eigenvalue weighted by atomic mass is 16.6. The predicted molar refractivity (Wildman–Crippen MR) is 104 cm³/mol. The van der Waals surface area contributed by atoms with E-state index in [1.54, 1.807) is 18.3 Å². The molecular weight excluding hydrogens is 342 g/mol.